The van der Waals surface area contributed by atoms with E-state index >= 15 is 0 Å². The summed E-state index contributed by atoms with van der Waals surface area (Å²) in [4.78, 5) is 125. The van der Waals surface area contributed by atoms with Gasteiger partial charge in [0.15, 0.2) is 5.96 Å². The second-order valence-electron chi connectivity index (χ2n) is 22.0. The molecule has 1 aromatic rings. The molecular weight excluding hydrogens is 1340 g/mol. The van der Waals surface area contributed by atoms with Crippen LogP contribution < -0.4 is 75.3 Å². The molecule has 550 valence electrons. The smallest absolute Gasteiger partial charge is 0.305 e. The number of carbonyl (C=O) groups excluding carboxylic acids is 9. The van der Waals surface area contributed by atoms with E-state index in [0.717, 1.165) is 22.6 Å². The number of imide groups is 1. The predicted octanol–water partition coefficient (Wildman–Crippen LogP) is -7.94. The molecule has 23 N–H and O–H groups in total. The number of aliphatic carboxylic acids is 1. The van der Waals surface area contributed by atoms with Crippen LogP contribution in [-0.2, 0) is 73.3 Å². The van der Waals surface area contributed by atoms with Gasteiger partial charge in [0.25, 0.3) is 11.8 Å². The number of nitrogens with zero attached hydrogens (tertiary/aromatic N) is 1. The zero-order valence-corrected chi connectivity index (χ0v) is 57.1. The van der Waals surface area contributed by atoms with Crippen LogP contribution in [0, 0.1) is 5.41 Å². The average Bonchev–Trinajstić information content (AvgIpc) is 1.80. The third-order valence-electron chi connectivity index (χ3n) is 14.0. The molecule has 12 atom stereocenters. The normalized spacial score (nSPS) is 15.9. The second kappa shape index (κ2) is 50.9. The number of unbranched alkanes of at least 4 members (excludes halogenated alkanes) is 1. The van der Waals surface area contributed by atoms with E-state index < -0.39 is 146 Å². The summed E-state index contributed by atoms with van der Waals surface area (Å²) in [5.41, 5.74) is 11.1. The molecule has 36 nitrogen and oxygen atoms in total. The van der Waals surface area contributed by atoms with Crippen molar-refractivity contribution in [1.29, 1.82) is 5.41 Å². The van der Waals surface area contributed by atoms with E-state index in [1.807, 2.05) is 0 Å². The summed E-state index contributed by atoms with van der Waals surface area (Å²) in [5, 5.41) is 107. The Morgan fingerprint density at radius 3 is 1.79 bits per heavy atom. The molecule has 0 saturated carbocycles. The number of primary amides is 1. The number of thiol groups is 2. The van der Waals surface area contributed by atoms with Crippen LogP contribution in [0.3, 0.4) is 0 Å². The van der Waals surface area contributed by atoms with Gasteiger partial charge in [-0.2, -0.15) is 37.0 Å². The standard InChI is InChI=1S/C58H100N16O20S3/c1-35(51(84)64-19-22-92-24-26-93-25-23-91-21-18-63-46(78)31-94-30-43(59)75)67-54(87)39(27-36-9-4-3-5-10-36)71-57(90)42(33-96)73-55(88)40(28-50(82)83)69-45(77)29-66-52(85)37(12-8-17-65-58(60)61)70-56(89)41(32-95)72-53(86)38(68-47(79)34-97-2)11-6-7-16-62-44(76)15-20-74-48(80)13-14-49(74)81/h3-5,9-10,13-14,35,37-42,45,52,54-55,57,66-67,69,71,73,77,85,87-88,90,95-96H,6-8,11-12,15-34H2,1-2H3,(H2,59,75)(H,62,76)(H,63,78)(H,64,84)(H,68,79)(H,70,89)(H,72,86)(H,82,83)(H4,60,61,65)/t35-,37-,38-,39-,40-,41-,42-,45-,52+,54+,55+,57-/m0/s1. The van der Waals surface area contributed by atoms with Crippen LogP contribution in [0.15, 0.2) is 42.5 Å². The molecule has 0 spiro atoms. The van der Waals surface area contributed by atoms with Gasteiger partial charge in [0, 0.05) is 69.3 Å². The van der Waals surface area contributed by atoms with Crippen LogP contribution in [0.2, 0.25) is 0 Å². The predicted molar refractivity (Wildman–Crippen MR) is 361 cm³/mol. The molecule has 0 unspecified atom stereocenters. The number of guanidine groups is 1. The minimum Gasteiger partial charge on any atom is -0.481 e. The summed E-state index contributed by atoms with van der Waals surface area (Å²) in [6.45, 7) is 2.16. The van der Waals surface area contributed by atoms with E-state index in [1.165, 1.54) is 18.7 Å². The van der Waals surface area contributed by atoms with E-state index in [0.29, 0.717) is 12.8 Å². The van der Waals surface area contributed by atoms with Gasteiger partial charge in [-0.1, -0.05) is 30.3 Å². The molecule has 0 radical (unpaired) electrons. The molecule has 1 aliphatic rings. The van der Waals surface area contributed by atoms with Crippen molar-refractivity contribution < 1.29 is 97.5 Å². The Morgan fingerprint density at radius 2 is 1.19 bits per heavy atom. The number of rotatable bonds is 57. The number of hydrogen-bond donors (Lipinski definition) is 23. The number of benzene rings is 1. The lowest BCUT2D eigenvalue weighted by molar-refractivity contribution is -0.139. The largest absolute Gasteiger partial charge is 0.481 e. The van der Waals surface area contributed by atoms with E-state index in [2.05, 4.69) is 89.1 Å². The number of carboxylic acids is 1. The first-order valence-electron chi connectivity index (χ1n) is 31.3. The maximum absolute atomic E-state index is 13.8. The molecule has 1 heterocycles. The van der Waals surface area contributed by atoms with Gasteiger partial charge in [0.05, 0.1) is 82.0 Å². The van der Waals surface area contributed by atoms with E-state index in [-0.39, 0.29) is 141 Å². The number of ether oxygens (including phenoxy) is 4. The molecule has 0 bridgehead atoms. The van der Waals surface area contributed by atoms with Gasteiger partial charge in [-0.25, -0.2) is 0 Å². The number of thioether (sulfide) groups is 1. The van der Waals surface area contributed by atoms with Gasteiger partial charge in [-0.15, -0.1) is 0 Å². The molecule has 0 saturated heterocycles. The van der Waals surface area contributed by atoms with Crippen molar-refractivity contribution in [2.45, 2.75) is 132 Å². The topological polar surface area (TPSA) is 552 Å². The maximum atomic E-state index is 13.8. The first-order chi connectivity index (χ1) is 46.3. The minimum atomic E-state index is -1.82. The summed E-state index contributed by atoms with van der Waals surface area (Å²) < 4.78 is 21.2. The number of amides is 9. The highest BCUT2D eigenvalue weighted by molar-refractivity contribution is 7.99. The highest BCUT2D eigenvalue weighted by Gasteiger charge is 2.34. The summed E-state index contributed by atoms with van der Waals surface area (Å²) >= 11 is 9.83. The zero-order valence-electron chi connectivity index (χ0n) is 54.5. The highest BCUT2D eigenvalue weighted by Crippen LogP contribution is 2.12. The molecule has 0 fully saturated rings. The van der Waals surface area contributed by atoms with Crippen LogP contribution in [0.1, 0.15) is 57.4 Å². The number of hydrogen-bond acceptors (Lipinski definition) is 28. The number of carbonyl (C=O) groups is 10. The lowest BCUT2D eigenvalue weighted by atomic mass is 10.0. The number of nitrogens with one attached hydrogen (secondary N) is 13. The summed E-state index contributed by atoms with van der Waals surface area (Å²) in [6, 6.07) is 0.594. The van der Waals surface area contributed by atoms with Crippen LogP contribution in [0.5, 0.6) is 0 Å². The average molecular weight is 1440 g/mol. The first kappa shape index (κ1) is 86.7. The zero-order chi connectivity index (χ0) is 72.1. The number of aliphatic hydroxyl groups excluding tert-OH is 5. The van der Waals surface area contributed by atoms with Crippen molar-refractivity contribution in [3.8, 4) is 0 Å². The lowest BCUT2D eigenvalue weighted by Crippen LogP contribution is -2.63. The molecule has 1 aromatic carbocycles. The molecule has 0 aliphatic carbocycles. The Balaban J connectivity index is 2.02. The Hall–Kier alpha value is -6.38. The van der Waals surface area contributed by atoms with Gasteiger partial charge in [0.1, 0.15) is 56.4 Å². The molecule has 39 heteroatoms. The number of nitrogens with two attached hydrogens (primary N) is 2. The van der Waals surface area contributed by atoms with Crippen molar-refractivity contribution in [3.05, 3.63) is 48.0 Å². The van der Waals surface area contributed by atoms with Crippen LogP contribution >= 0.6 is 37.0 Å². The summed E-state index contributed by atoms with van der Waals surface area (Å²) in [7, 11) is 0. The Morgan fingerprint density at radius 1 is 0.598 bits per heavy atom. The van der Waals surface area contributed by atoms with Gasteiger partial charge < -0.3 is 98.3 Å². The Bertz CT molecular complexity index is 2580. The molecule has 1 aliphatic heterocycles. The van der Waals surface area contributed by atoms with Crippen molar-refractivity contribution >= 4 is 102 Å². The van der Waals surface area contributed by atoms with Crippen LogP contribution in [0.25, 0.3) is 0 Å². The van der Waals surface area contributed by atoms with Crippen molar-refractivity contribution in [1.82, 2.24) is 68.7 Å². The minimum absolute atomic E-state index is 0.00986. The van der Waals surface area contributed by atoms with E-state index in [4.69, 9.17) is 35.8 Å². The summed E-state index contributed by atoms with van der Waals surface area (Å²) in [5.74, 6) is -7.24. The van der Waals surface area contributed by atoms with Gasteiger partial charge in [-0.05, 0) is 57.3 Å². The number of carboxylic acid groups (broad SMARTS) is 1. The Labute approximate surface area is 578 Å². The highest BCUT2D eigenvalue weighted by atomic mass is 32.2. The summed E-state index contributed by atoms with van der Waals surface area (Å²) in [6.07, 6.45) is -4.17. The monoisotopic (exact) mass is 1440 g/mol. The first-order valence-corrected chi connectivity index (χ1v) is 34.0. The van der Waals surface area contributed by atoms with Gasteiger partial charge in [-0.3, -0.25) is 84.8 Å². The maximum Gasteiger partial charge on any atom is 0.305 e. The van der Waals surface area contributed by atoms with Crippen molar-refractivity contribution in [2.75, 3.05) is 116 Å². The van der Waals surface area contributed by atoms with Gasteiger partial charge >= 0.3 is 5.97 Å². The second-order valence-corrected chi connectivity index (χ2v) is 23.6. The fourth-order valence-corrected chi connectivity index (χ4v) is 9.92. The molecule has 2 rings (SSSR count). The van der Waals surface area contributed by atoms with E-state index in [9.17, 15) is 78.6 Å². The molecule has 97 heavy (non-hydrogen) atoms. The van der Waals surface area contributed by atoms with Crippen LogP contribution in [0.4, 0.5) is 0 Å². The third kappa shape index (κ3) is 39.1. The molecular formula is C58H100N16O20S3. The van der Waals surface area contributed by atoms with Crippen molar-refractivity contribution in [3.63, 3.8) is 0 Å². The quantitative estimate of drug-likeness (QED) is 0.00719. The SMILES string of the molecule is CSCC(=O)N[C@@H](CCCCNC(=O)CCN1C(=O)C=CC1=O)C(=O)N[C@@H](CS)C(=O)N[C@@H](CCCNC(=N)N)[C@@H](O)NC[C@H](O)N[C@@H](CC(=O)O)[C@@H](O)N[C@@H](CS)[C@H](O)N[C@@H](Cc1ccccc1)[C@@H](O)N[C@@H](C)C(=O)NCCOCCOCCOCCNC(=O)COCC(N)=O. The fraction of sp³-hybridized carbons (Fsp3) is 0.672. The third-order valence-corrected chi connectivity index (χ3v) is 15.4. The van der Waals surface area contributed by atoms with Gasteiger partial charge in [0.2, 0.25) is 41.4 Å². The van der Waals surface area contributed by atoms with Crippen molar-refractivity contribution in [2.24, 2.45) is 11.5 Å². The van der Waals surface area contributed by atoms with Crippen LogP contribution in [-0.4, -0.2) is 290 Å². The molecule has 0 aromatic heterocycles. The number of aliphatic hydroxyl groups is 5. The fourth-order valence-electron chi connectivity index (χ4n) is 9.02. The Kier molecular flexibility index (Phi) is 45.5. The lowest BCUT2D eigenvalue weighted by Gasteiger charge is -2.35. The van der Waals surface area contributed by atoms with E-state index in [1.54, 1.807) is 36.6 Å². The molecule has 9 amide bonds.